The molecule has 0 radical (unpaired) electrons. The Morgan fingerprint density at radius 3 is 2.81 bits per heavy atom. The molecule has 0 fully saturated rings. The van der Waals surface area contributed by atoms with Gasteiger partial charge < -0.3 is 11.1 Å². The summed E-state index contributed by atoms with van der Waals surface area (Å²) in [6, 6.07) is 5.96. The predicted octanol–water partition coefficient (Wildman–Crippen LogP) is 1.25. The van der Waals surface area contributed by atoms with Gasteiger partial charge in [0.15, 0.2) is 0 Å². The zero-order valence-electron chi connectivity index (χ0n) is 9.07. The van der Waals surface area contributed by atoms with Gasteiger partial charge in [0.05, 0.1) is 6.42 Å². The fourth-order valence-electron chi connectivity index (χ4n) is 1.22. The summed E-state index contributed by atoms with van der Waals surface area (Å²) >= 11 is 0. The molecule has 0 aliphatic carbocycles. The molecule has 1 atom stereocenters. The van der Waals surface area contributed by atoms with Gasteiger partial charge in [-0.1, -0.05) is 12.1 Å². The fraction of sp³-hybridized carbons (Fsp3) is 0.364. The van der Waals surface area contributed by atoms with Gasteiger partial charge in [-0.3, -0.25) is 4.79 Å². The fourth-order valence-corrected chi connectivity index (χ4v) is 1.22. The van der Waals surface area contributed by atoms with Crippen molar-refractivity contribution in [3.63, 3.8) is 0 Å². The van der Waals surface area contributed by atoms with Crippen LogP contribution >= 0.6 is 12.4 Å². The van der Waals surface area contributed by atoms with Gasteiger partial charge in [0.1, 0.15) is 5.82 Å². The summed E-state index contributed by atoms with van der Waals surface area (Å²) in [5, 5.41) is 2.71. The molecule has 0 spiro atoms. The summed E-state index contributed by atoms with van der Waals surface area (Å²) in [5.74, 6) is -0.467. The van der Waals surface area contributed by atoms with Crippen molar-refractivity contribution in [2.24, 2.45) is 5.73 Å². The van der Waals surface area contributed by atoms with Crippen molar-refractivity contribution in [1.82, 2.24) is 5.32 Å². The predicted molar refractivity (Wildman–Crippen MR) is 64.0 cm³/mol. The van der Waals surface area contributed by atoms with Crippen molar-refractivity contribution in [2.45, 2.75) is 19.4 Å². The summed E-state index contributed by atoms with van der Waals surface area (Å²) in [6.07, 6.45) is 0.183. The van der Waals surface area contributed by atoms with E-state index in [1.54, 1.807) is 12.1 Å². The lowest BCUT2D eigenvalue weighted by Gasteiger charge is -2.10. The average molecular weight is 247 g/mol. The van der Waals surface area contributed by atoms with Gasteiger partial charge in [-0.15, -0.1) is 12.4 Å². The lowest BCUT2D eigenvalue weighted by molar-refractivity contribution is -0.120. The highest BCUT2D eigenvalue weighted by molar-refractivity contribution is 5.85. The van der Waals surface area contributed by atoms with Crippen molar-refractivity contribution in [1.29, 1.82) is 0 Å². The van der Waals surface area contributed by atoms with E-state index in [9.17, 15) is 9.18 Å². The highest BCUT2D eigenvalue weighted by atomic mass is 35.5. The van der Waals surface area contributed by atoms with Gasteiger partial charge >= 0.3 is 0 Å². The summed E-state index contributed by atoms with van der Waals surface area (Å²) in [7, 11) is 0. The summed E-state index contributed by atoms with van der Waals surface area (Å²) < 4.78 is 12.8. The maximum absolute atomic E-state index is 12.8. The summed E-state index contributed by atoms with van der Waals surface area (Å²) in [5.41, 5.74) is 6.03. The van der Waals surface area contributed by atoms with Crippen LogP contribution in [-0.4, -0.2) is 18.5 Å². The minimum absolute atomic E-state index is 0. The number of nitrogens with one attached hydrogen (secondary N) is 1. The molecule has 0 heterocycles. The molecular weight excluding hydrogens is 231 g/mol. The molecule has 1 aromatic carbocycles. The Labute approximate surface area is 101 Å². The number of nitrogens with two attached hydrogens (primary N) is 1. The molecule has 3 N–H and O–H groups in total. The van der Waals surface area contributed by atoms with Crippen LogP contribution in [0.15, 0.2) is 24.3 Å². The molecule has 1 rings (SSSR count). The van der Waals surface area contributed by atoms with Crippen LogP contribution in [0.1, 0.15) is 12.5 Å². The van der Waals surface area contributed by atoms with E-state index in [2.05, 4.69) is 5.32 Å². The Kier molecular flexibility index (Phi) is 6.69. The normalized spacial score (nSPS) is 11.4. The van der Waals surface area contributed by atoms with E-state index < -0.39 is 0 Å². The monoisotopic (exact) mass is 246 g/mol. The van der Waals surface area contributed by atoms with Crippen LogP contribution in [0.5, 0.6) is 0 Å². The van der Waals surface area contributed by atoms with E-state index in [-0.39, 0.29) is 36.6 Å². The Morgan fingerprint density at radius 1 is 1.56 bits per heavy atom. The Hall–Kier alpha value is -1.13. The third kappa shape index (κ3) is 5.09. The first kappa shape index (κ1) is 14.9. The SMILES string of the molecule is C[C@H](CN)NC(=O)Cc1cccc(F)c1.Cl. The molecule has 0 aliphatic rings. The minimum Gasteiger partial charge on any atom is -0.352 e. The second-order valence-corrected chi connectivity index (χ2v) is 3.51. The number of carbonyl (C=O) groups is 1. The lowest BCUT2D eigenvalue weighted by Crippen LogP contribution is -2.38. The van der Waals surface area contributed by atoms with Crippen LogP contribution < -0.4 is 11.1 Å². The number of rotatable bonds is 4. The average Bonchev–Trinajstić information content (AvgIpc) is 2.17. The third-order valence-corrected chi connectivity index (χ3v) is 2.01. The second kappa shape index (κ2) is 7.19. The third-order valence-electron chi connectivity index (χ3n) is 2.01. The molecule has 0 saturated heterocycles. The molecule has 0 aromatic heterocycles. The topological polar surface area (TPSA) is 55.1 Å². The molecule has 16 heavy (non-hydrogen) atoms. The van der Waals surface area contributed by atoms with Crippen molar-refractivity contribution in [3.8, 4) is 0 Å². The van der Waals surface area contributed by atoms with E-state index >= 15 is 0 Å². The van der Waals surface area contributed by atoms with Crippen molar-refractivity contribution in [3.05, 3.63) is 35.6 Å². The zero-order chi connectivity index (χ0) is 11.3. The van der Waals surface area contributed by atoms with Crippen LogP contribution in [0.4, 0.5) is 4.39 Å². The maximum Gasteiger partial charge on any atom is 0.224 e. The van der Waals surface area contributed by atoms with Crippen molar-refractivity contribution < 1.29 is 9.18 Å². The highest BCUT2D eigenvalue weighted by Gasteiger charge is 2.06. The molecule has 0 bridgehead atoms. The van der Waals surface area contributed by atoms with Gasteiger partial charge in [0.25, 0.3) is 0 Å². The first-order valence-electron chi connectivity index (χ1n) is 4.85. The zero-order valence-corrected chi connectivity index (χ0v) is 9.89. The van der Waals surface area contributed by atoms with E-state index in [1.807, 2.05) is 6.92 Å². The molecule has 90 valence electrons. The maximum atomic E-state index is 12.8. The van der Waals surface area contributed by atoms with Gasteiger partial charge in [0.2, 0.25) is 5.91 Å². The van der Waals surface area contributed by atoms with Crippen LogP contribution in [-0.2, 0) is 11.2 Å². The molecular formula is C11H16ClFN2O. The molecule has 1 aromatic rings. The van der Waals surface area contributed by atoms with Crippen molar-refractivity contribution in [2.75, 3.05) is 6.54 Å². The lowest BCUT2D eigenvalue weighted by atomic mass is 10.1. The standard InChI is InChI=1S/C11H15FN2O.ClH/c1-8(7-13)14-11(15)6-9-3-2-4-10(12)5-9;/h2-5,8H,6-7,13H2,1H3,(H,14,15);1H/t8-;/m1./s1. The van der Waals surface area contributed by atoms with Gasteiger partial charge in [-0.2, -0.15) is 0 Å². The van der Waals surface area contributed by atoms with Crippen LogP contribution in [0.25, 0.3) is 0 Å². The Balaban J connectivity index is 0.00000225. The smallest absolute Gasteiger partial charge is 0.224 e. The summed E-state index contributed by atoms with van der Waals surface area (Å²) in [6.45, 7) is 2.22. The molecule has 0 saturated carbocycles. The number of hydrogen-bond acceptors (Lipinski definition) is 2. The van der Waals surface area contributed by atoms with Gasteiger partial charge in [-0.25, -0.2) is 4.39 Å². The van der Waals surface area contributed by atoms with Crippen LogP contribution in [0.3, 0.4) is 0 Å². The number of carbonyl (C=O) groups excluding carboxylic acids is 1. The molecule has 3 nitrogen and oxygen atoms in total. The minimum atomic E-state index is -0.327. The Morgan fingerprint density at radius 2 is 2.25 bits per heavy atom. The van der Waals surface area contributed by atoms with Gasteiger partial charge in [0, 0.05) is 12.6 Å². The first-order valence-corrected chi connectivity index (χ1v) is 4.85. The second-order valence-electron chi connectivity index (χ2n) is 3.51. The summed E-state index contributed by atoms with van der Waals surface area (Å²) in [4.78, 5) is 11.4. The number of halogens is 2. The van der Waals surface area contributed by atoms with E-state index in [0.717, 1.165) is 0 Å². The van der Waals surface area contributed by atoms with E-state index in [0.29, 0.717) is 12.1 Å². The quantitative estimate of drug-likeness (QED) is 0.840. The molecule has 5 heteroatoms. The van der Waals surface area contributed by atoms with Crippen molar-refractivity contribution >= 4 is 18.3 Å². The highest BCUT2D eigenvalue weighted by Crippen LogP contribution is 2.04. The first-order chi connectivity index (χ1) is 7.11. The van der Waals surface area contributed by atoms with Gasteiger partial charge in [-0.05, 0) is 24.6 Å². The van der Waals surface area contributed by atoms with Crippen LogP contribution in [0.2, 0.25) is 0 Å². The number of amides is 1. The molecule has 1 amide bonds. The Bertz CT molecular complexity index is 347. The van der Waals surface area contributed by atoms with E-state index in [4.69, 9.17) is 5.73 Å². The number of benzene rings is 1. The number of hydrogen-bond donors (Lipinski definition) is 2. The molecule has 0 unspecified atom stereocenters. The van der Waals surface area contributed by atoms with Crippen LogP contribution in [0, 0.1) is 5.82 Å². The molecule has 0 aliphatic heterocycles. The largest absolute Gasteiger partial charge is 0.352 e. The van der Waals surface area contributed by atoms with E-state index in [1.165, 1.54) is 12.1 Å².